The molecule has 0 aromatic heterocycles. The molecule has 46 heavy (non-hydrogen) atoms. The molecule has 13 atom stereocenters. The molecule has 0 aromatic rings. The van der Waals surface area contributed by atoms with Crippen LogP contribution >= 0.6 is 0 Å². The van der Waals surface area contributed by atoms with E-state index in [1.807, 2.05) is 6.92 Å². The summed E-state index contributed by atoms with van der Waals surface area (Å²) in [5.74, 6) is 0.485. The molecule has 0 amide bonds. The van der Waals surface area contributed by atoms with Crippen LogP contribution in [0.4, 0.5) is 0 Å². The molecule has 1 heterocycles. The summed E-state index contributed by atoms with van der Waals surface area (Å²) in [4.78, 5) is 0. The molecule has 5 aliphatic rings. The van der Waals surface area contributed by atoms with Crippen molar-refractivity contribution in [3.8, 4) is 0 Å². The van der Waals surface area contributed by atoms with Gasteiger partial charge in [0.2, 0.25) is 0 Å². The third-order valence-corrected chi connectivity index (χ3v) is 14.4. The minimum Gasteiger partial charge on any atom is -0.411 e. The van der Waals surface area contributed by atoms with E-state index < -0.39 is 42.9 Å². The maximum absolute atomic E-state index is 11.0. The van der Waals surface area contributed by atoms with Crippen molar-refractivity contribution in [3.63, 3.8) is 0 Å². The average Bonchev–Trinajstić information content (AvgIpc) is 3.37. The van der Waals surface area contributed by atoms with Gasteiger partial charge in [-0.2, -0.15) is 0 Å². The van der Waals surface area contributed by atoms with Gasteiger partial charge in [0, 0.05) is 11.3 Å². The summed E-state index contributed by atoms with van der Waals surface area (Å²) in [5, 5.41) is 70.3. The molecule has 0 aromatic carbocycles. The molecule has 5 fully saturated rings. The van der Waals surface area contributed by atoms with E-state index in [-0.39, 0.29) is 39.4 Å². The molecule has 5 rings (SSSR count). The normalized spacial score (nSPS) is 48.3. The molecule has 262 valence electrons. The molecular weight excluding hydrogens is 588 g/mol. The fourth-order valence-electron chi connectivity index (χ4n) is 11.7. The largest absolute Gasteiger partial charge is 0.411 e. The lowest BCUT2D eigenvalue weighted by Crippen LogP contribution is -2.66. The number of oxime groups is 2. The fraction of sp³-hybridized carbons (Fsp3) is 0.889. The van der Waals surface area contributed by atoms with Crippen molar-refractivity contribution >= 4 is 11.4 Å². The number of ether oxygens (including phenoxy) is 2. The van der Waals surface area contributed by atoms with Crippen LogP contribution in [0.3, 0.4) is 0 Å². The summed E-state index contributed by atoms with van der Waals surface area (Å²) in [6, 6.07) is 0. The highest BCUT2D eigenvalue weighted by Gasteiger charge is 2.71. The zero-order valence-corrected chi connectivity index (χ0v) is 29.2. The van der Waals surface area contributed by atoms with Crippen LogP contribution < -0.4 is 0 Å². The van der Waals surface area contributed by atoms with Gasteiger partial charge in [0.15, 0.2) is 6.29 Å². The van der Waals surface area contributed by atoms with E-state index in [4.69, 9.17) is 9.47 Å². The lowest BCUT2D eigenvalue weighted by Gasteiger charge is -2.69. The van der Waals surface area contributed by atoms with Crippen molar-refractivity contribution in [1.29, 1.82) is 0 Å². The Bertz CT molecular complexity index is 1230. The van der Waals surface area contributed by atoms with Gasteiger partial charge in [-0.3, -0.25) is 0 Å². The summed E-state index contributed by atoms with van der Waals surface area (Å²) in [5.41, 5.74) is 1.55. The molecule has 0 spiro atoms. The van der Waals surface area contributed by atoms with E-state index in [9.17, 15) is 30.8 Å². The molecule has 6 N–H and O–H groups in total. The number of rotatable bonds is 7. The molecule has 10 nitrogen and oxygen atoms in total. The Hall–Kier alpha value is -1.56. The van der Waals surface area contributed by atoms with Gasteiger partial charge < -0.3 is 40.3 Å². The first kappa shape index (κ1) is 35.7. The second kappa shape index (κ2) is 12.4. The number of aliphatic hydroxyl groups excluding tert-OH is 4. The topological polar surface area (TPSA) is 165 Å². The number of nitrogens with zero attached hydrogens (tertiary/aromatic N) is 2. The molecule has 4 saturated carbocycles. The molecular formula is C36H60N2O8. The van der Waals surface area contributed by atoms with Gasteiger partial charge in [-0.05, 0) is 113 Å². The first-order chi connectivity index (χ1) is 21.4. The minimum absolute atomic E-state index is 0.0216. The van der Waals surface area contributed by atoms with Gasteiger partial charge in [-0.25, -0.2) is 0 Å². The minimum atomic E-state index is -1.53. The zero-order valence-electron chi connectivity index (χ0n) is 29.2. The molecule has 1 aliphatic heterocycles. The van der Waals surface area contributed by atoms with Crippen LogP contribution in [-0.2, 0) is 9.47 Å². The van der Waals surface area contributed by atoms with Crippen LogP contribution in [-0.4, -0.2) is 85.2 Å². The predicted octanol–water partition coefficient (Wildman–Crippen LogP) is 5.26. The van der Waals surface area contributed by atoms with Crippen LogP contribution in [0.1, 0.15) is 113 Å². The van der Waals surface area contributed by atoms with Gasteiger partial charge in [0.05, 0.1) is 23.6 Å². The van der Waals surface area contributed by atoms with E-state index in [0.29, 0.717) is 18.8 Å². The lowest BCUT2D eigenvalue weighted by atomic mass is 9.35. The lowest BCUT2D eigenvalue weighted by molar-refractivity contribution is -0.333. The maximum Gasteiger partial charge on any atom is 0.187 e. The fourth-order valence-corrected chi connectivity index (χ4v) is 11.7. The molecule has 4 aliphatic carbocycles. The Morgan fingerprint density at radius 3 is 2.22 bits per heavy atom. The van der Waals surface area contributed by atoms with Crippen LogP contribution in [0.15, 0.2) is 22.0 Å². The van der Waals surface area contributed by atoms with Crippen LogP contribution in [0.5, 0.6) is 0 Å². The van der Waals surface area contributed by atoms with E-state index in [1.165, 1.54) is 5.57 Å². The summed E-state index contributed by atoms with van der Waals surface area (Å²) in [7, 11) is 0. The first-order valence-corrected chi connectivity index (χ1v) is 17.5. The Balaban J connectivity index is 1.53. The van der Waals surface area contributed by atoms with Crippen LogP contribution in [0, 0.1) is 45.3 Å². The van der Waals surface area contributed by atoms with Crippen LogP contribution in [0.2, 0.25) is 0 Å². The molecule has 1 saturated heterocycles. The standard InChI is InChI=1S/C36H60N2O8/c1-20(2)10-9-14-36(8,46-31-30(42)29(41)28(40)23(19-39)45-31)21-11-16-35(7)27(21)22(37-43)18-25-33(5)15-13-26(38-44)32(3,4)24(33)12-17-34(25,35)6/h10,21,23-25,27-31,39-44H,9,11-19H2,1-8H3/b37-22-,38-26+/t21?,23?,24?,25?,27?,28-,29+,30?,31+,33+,34-,35-,36+/m1/s1. The second-order valence-electron chi connectivity index (χ2n) is 17.1. The van der Waals surface area contributed by atoms with Crippen molar-refractivity contribution in [3.05, 3.63) is 11.6 Å². The Morgan fingerprint density at radius 2 is 1.61 bits per heavy atom. The van der Waals surface area contributed by atoms with Crippen LogP contribution in [0.25, 0.3) is 0 Å². The highest BCUT2D eigenvalue weighted by Crippen LogP contribution is 2.75. The smallest absolute Gasteiger partial charge is 0.187 e. The van der Waals surface area contributed by atoms with Gasteiger partial charge >= 0.3 is 0 Å². The monoisotopic (exact) mass is 648 g/mol. The highest BCUT2D eigenvalue weighted by molar-refractivity contribution is 5.91. The molecule has 0 bridgehead atoms. The summed E-state index contributed by atoms with van der Waals surface area (Å²) in [6.07, 6.45) is 2.91. The van der Waals surface area contributed by atoms with E-state index in [2.05, 4.69) is 64.9 Å². The van der Waals surface area contributed by atoms with Crippen molar-refractivity contribution in [2.75, 3.05) is 6.61 Å². The van der Waals surface area contributed by atoms with Crippen molar-refractivity contribution in [2.45, 2.75) is 149 Å². The molecule has 10 heteroatoms. The maximum atomic E-state index is 11.0. The number of aliphatic hydroxyl groups is 4. The zero-order chi connectivity index (χ0) is 34.0. The van der Waals surface area contributed by atoms with Crippen molar-refractivity contribution in [2.24, 2.45) is 55.6 Å². The Labute approximate surface area is 274 Å². The summed E-state index contributed by atoms with van der Waals surface area (Å²) in [6.45, 7) is 17.4. The number of allylic oxidation sites excluding steroid dienone is 2. The highest BCUT2D eigenvalue weighted by atomic mass is 16.7. The van der Waals surface area contributed by atoms with Gasteiger partial charge in [0.1, 0.15) is 24.4 Å². The first-order valence-electron chi connectivity index (χ1n) is 17.5. The Kier molecular flexibility index (Phi) is 9.63. The van der Waals surface area contributed by atoms with Gasteiger partial charge in [-0.15, -0.1) is 0 Å². The Morgan fingerprint density at radius 1 is 0.935 bits per heavy atom. The van der Waals surface area contributed by atoms with Gasteiger partial charge in [0.25, 0.3) is 0 Å². The SMILES string of the molecule is CC(C)=CCC[C@](C)(O[C@@H]1OC(CO)[C@@H](O)[C@H](O)C1O)C1CC[C@]2(C)C1/C(=N\O)CC1[C@@]3(C)CC/C(=N\O)C(C)(C)C3CC[C@]12C. The summed E-state index contributed by atoms with van der Waals surface area (Å²) < 4.78 is 12.7. The third-order valence-electron chi connectivity index (χ3n) is 14.4. The van der Waals surface area contributed by atoms with E-state index in [0.717, 1.165) is 56.4 Å². The quantitative estimate of drug-likeness (QED) is 0.124. The van der Waals surface area contributed by atoms with Crippen molar-refractivity contribution in [1.82, 2.24) is 0 Å². The molecule has 0 radical (unpaired) electrons. The molecule has 6 unspecified atom stereocenters. The number of hydrogen-bond donors (Lipinski definition) is 6. The third kappa shape index (κ3) is 5.28. The van der Waals surface area contributed by atoms with Gasteiger partial charge in [-0.1, -0.05) is 56.6 Å². The van der Waals surface area contributed by atoms with E-state index >= 15 is 0 Å². The van der Waals surface area contributed by atoms with Crippen molar-refractivity contribution < 1.29 is 40.3 Å². The predicted molar refractivity (Wildman–Crippen MR) is 175 cm³/mol. The summed E-state index contributed by atoms with van der Waals surface area (Å²) >= 11 is 0. The number of fused-ring (bicyclic) bond motifs is 5. The number of hydrogen-bond acceptors (Lipinski definition) is 10. The second-order valence-corrected chi connectivity index (χ2v) is 17.1. The average molecular weight is 649 g/mol. The van der Waals surface area contributed by atoms with E-state index in [1.54, 1.807) is 0 Å².